The Hall–Kier alpha value is -0.920. The smallest absolute Gasteiger partial charge is 0.247 e. The van der Waals surface area contributed by atoms with Crippen molar-refractivity contribution in [1.82, 2.24) is 14.1 Å². The van der Waals surface area contributed by atoms with Crippen molar-refractivity contribution >= 4 is 10.0 Å². The maximum Gasteiger partial charge on any atom is 0.247 e. The fraction of sp³-hybridized carbons (Fsp3) is 0.786. The van der Waals surface area contributed by atoms with Crippen LogP contribution in [0.4, 0.5) is 0 Å². The molecule has 0 aliphatic heterocycles. The molecule has 1 heterocycles. The molecule has 0 saturated heterocycles. The van der Waals surface area contributed by atoms with Gasteiger partial charge < -0.3 is 5.73 Å². The zero-order chi connectivity index (χ0) is 15.8. The second kappa shape index (κ2) is 5.70. The van der Waals surface area contributed by atoms with Crippen LogP contribution in [0.2, 0.25) is 0 Å². The Kier molecular flexibility index (Phi) is 4.46. The molecule has 0 atom stereocenters. The number of nitrogens with two attached hydrogens (primary N) is 1. The van der Waals surface area contributed by atoms with E-state index in [1.165, 1.54) is 0 Å². The number of aryl methyl sites for hydroxylation is 2. The van der Waals surface area contributed by atoms with Crippen molar-refractivity contribution in [2.24, 2.45) is 12.8 Å². The predicted molar refractivity (Wildman–Crippen MR) is 82.5 cm³/mol. The van der Waals surface area contributed by atoms with Crippen molar-refractivity contribution in [3.05, 3.63) is 11.4 Å². The van der Waals surface area contributed by atoms with Crippen LogP contribution in [0, 0.1) is 13.8 Å². The van der Waals surface area contributed by atoms with Crippen LogP contribution in [0.15, 0.2) is 4.90 Å². The molecule has 2 N–H and O–H groups in total. The van der Waals surface area contributed by atoms with Gasteiger partial charge in [0.1, 0.15) is 4.90 Å². The molecule has 1 fully saturated rings. The third-order valence-corrected chi connectivity index (χ3v) is 7.05. The standard InChI is InChI=1S/C14H26N4O2S/c1-5-18(14(10-15)8-6-7-9-14)21(19,20)13-11(2)16-17(4)12(13)3/h5-10,15H2,1-4H3. The number of rotatable bonds is 5. The lowest BCUT2D eigenvalue weighted by molar-refractivity contribution is 0.205. The maximum atomic E-state index is 13.2. The highest BCUT2D eigenvalue weighted by atomic mass is 32.2. The summed E-state index contributed by atoms with van der Waals surface area (Å²) in [6, 6.07) is 0. The van der Waals surface area contributed by atoms with Gasteiger partial charge in [-0.15, -0.1) is 0 Å². The molecule has 2 rings (SSSR count). The van der Waals surface area contributed by atoms with Crippen LogP contribution in [0.3, 0.4) is 0 Å². The number of sulfonamides is 1. The molecule has 120 valence electrons. The van der Waals surface area contributed by atoms with E-state index in [2.05, 4.69) is 5.10 Å². The van der Waals surface area contributed by atoms with E-state index < -0.39 is 15.6 Å². The molecular formula is C14H26N4O2S. The first-order valence-electron chi connectivity index (χ1n) is 7.53. The molecule has 0 unspecified atom stereocenters. The summed E-state index contributed by atoms with van der Waals surface area (Å²) < 4.78 is 29.6. The minimum atomic E-state index is -3.58. The lowest BCUT2D eigenvalue weighted by atomic mass is 9.98. The number of hydrogen-bond acceptors (Lipinski definition) is 4. The second-order valence-electron chi connectivity index (χ2n) is 5.93. The Morgan fingerprint density at radius 1 is 1.33 bits per heavy atom. The molecule has 21 heavy (non-hydrogen) atoms. The zero-order valence-electron chi connectivity index (χ0n) is 13.4. The van der Waals surface area contributed by atoms with Gasteiger partial charge in [-0.05, 0) is 26.7 Å². The summed E-state index contributed by atoms with van der Waals surface area (Å²) >= 11 is 0. The lowest BCUT2D eigenvalue weighted by Gasteiger charge is -2.38. The SMILES string of the molecule is CCN(C1(CN)CCCC1)S(=O)(=O)c1c(C)nn(C)c1C. The topological polar surface area (TPSA) is 81.2 Å². The van der Waals surface area contributed by atoms with Crippen LogP contribution in [-0.2, 0) is 17.1 Å². The largest absolute Gasteiger partial charge is 0.329 e. The molecule has 1 aromatic heterocycles. The summed E-state index contributed by atoms with van der Waals surface area (Å²) in [6.07, 6.45) is 3.76. The number of hydrogen-bond donors (Lipinski definition) is 1. The van der Waals surface area contributed by atoms with E-state index in [0.29, 0.717) is 29.4 Å². The molecule has 1 aliphatic rings. The van der Waals surface area contributed by atoms with Crippen LogP contribution < -0.4 is 5.73 Å². The fourth-order valence-corrected chi connectivity index (χ4v) is 5.83. The van der Waals surface area contributed by atoms with Crippen molar-refractivity contribution in [3.8, 4) is 0 Å². The molecule has 0 bridgehead atoms. The Labute approximate surface area is 127 Å². The van der Waals surface area contributed by atoms with Gasteiger partial charge in [0.15, 0.2) is 0 Å². The van der Waals surface area contributed by atoms with Crippen LogP contribution >= 0.6 is 0 Å². The lowest BCUT2D eigenvalue weighted by Crippen LogP contribution is -2.54. The van der Waals surface area contributed by atoms with Gasteiger partial charge in [-0.2, -0.15) is 9.40 Å². The molecule has 1 aromatic rings. The minimum Gasteiger partial charge on any atom is -0.329 e. The summed E-state index contributed by atoms with van der Waals surface area (Å²) in [5.41, 5.74) is 6.78. The van der Waals surface area contributed by atoms with Gasteiger partial charge in [-0.1, -0.05) is 19.8 Å². The van der Waals surface area contributed by atoms with E-state index in [4.69, 9.17) is 5.73 Å². The van der Waals surface area contributed by atoms with Crippen molar-refractivity contribution in [2.45, 2.75) is 56.9 Å². The molecule has 0 radical (unpaired) electrons. The first-order valence-corrected chi connectivity index (χ1v) is 8.97. The summed E-state index contributed by atoms with van der Waals surface area (Å²) in [5.74, 6) is 0. The third kappa shape index (κ3) is 2.51. The van der Waals surface area contributed by atoms with Crippen molar-refractivity contribution in [3.63, 3.8) is 0 Å². The van der Waals surface area contributed by atoms with Crippen LogP contribution in [0.1, 0.15) is 44.0 Å². The summed E-state index contributed by atoms with van der Waals surface area (Å²) in [5, 5.41) is 4.25. The molecule has 0 aromatic carbocycles. The Balaban J connectivity index is 2.55. The molecule has 0 amide bonds. The monoisotopic (exact) mass is 314 g/mol. The van der Waals surface area contributed by atoms with Gasteiger partial charge in [0.05, 0.1) is 11.4 Å². The van der Waals surface area contributed by atoms with E-state index in [1.54, 1.807) is 29.9 Å². The quantitative estimate of drug-likeness (QED) is 0.888. The van der Waals surface area contributed by atoms with Gasteiger partial charge in [0.25, 0.3) is 0 Å². The fourth-order valence-electron chi connectivity index (χ4n) is 3.59. The summed E-state index contributed by atoms with van der Waals surface area (Å²) in [7, 11) is -1.81. The second-order valence-corrected chi connectivity index (χ2v) is 7.73. The van der Waals surface area contributed by atoms with Gasteiger partial charge in [-0.25, -0.2) is 8.42 Å². The van der Waals surface area contributed by atoms with Crippen molar-refractivity contribution in [1.29, 1.82) is 0 Å². The van der Waals surface area contributed by atoms with Gasteiger partial charge in [-0.3, -0.25) is 4.68 Å². The Bertz CT molecular complexity index is 615. The van der Waals surface area contributed by atoms with E-state index in [9.17, 15) is 8.42 Å². The number of likely N-dealkylation sites (N-methyl/N-ethyl adjacent to an activating group) is 1. The Morgan fingerprint density at radius 3 is 2.29 bits per heavy atom. The molecule has 7 heteroatoms. The molecular weight excluding hydrogens is 288 g/mol. The number of aromatic nitrogens is 2. The van der Waals surface area contributed by atoms with E-state index in [1.807, 2.05) is 6.92 Å². The highest BCUT2D eigenvalue weighted by molar-refractivity contribution is 7.89. The van der Waals surface area contributed by atoms with Crippen molar-refractivity contribution < 1.29 is 8.42 Å². The first-order chi connectivity index (χ1) is 9.80. The molecule has 1 saturated carbocycles. The van der Waals surface area contributed by atoms with E-state index in [0.717, 1.165) is 25.7 Å². The predicted octanol–water partition coefficient (Wildman–Crippen LogP) is 1.32. The highest BCUT2D eigenvalue weighted by Gasteiger charge is 2.45. The average Bonchev–Trinajstić information content (AvgIpc) is 2.97. The molecule has 0 spiro atoms. The van der Waals surface area contributed by atoms with E-state index in [-0.39, 0.29) is 0 Å². The Morgan fingerprint density at radius 2 is 1.90 bits per heavy atom. The first kappa shape index (κ1) is 16.5. The highest BCUT2D eigenvalue weighted by Crippen LogP contribution is 2.38. The number of nitrogens with zero attached hydrogens (tertiary/aromatic N) is 3. The van der Waals surface area contributed by atoms with Crippen LogP contribution in [0.25, 0.3) is 0 Å². The molecule has 6 nitrogen and oxygen atoms in total. The van der Waals surface area contributed by atoms with Gasteiger partial charge in [0, 0.05) is 25.7 Å². The van der Waals surface area contributed by atoms with E-state index >= 15 is 0 Å². The minimum absolute atomic E-state index is 0.339. The third-order valence-electron chi connectivity index (χ3n) is 4.72. The average molecular weight is 314 g/mol. The van der Waals surface area contributed by atoms with Crippen LogP contribution in [0.5, 0.6) is 0 Å². The summed E-state index contributed by atoms with van der Waals surface area (Å²) in [6.45, 7) is 6.24. The van der Waals surface area contributed by atoms with Crippen molar-refractivity contribution in [2.75, 3.05) is 13.1 Å². The molecule has 1 aliphatic carbocycles. The van der Waals surface area contributed by atoms with Gasteiger partial charge in [0.2, 0.25) is 10.0 Å². The summed E-state index contributed by atoms with van der Waals surface area (Å²) in [4.78, 5) is 0.339. The normalized spacial score (nSPS) is 18.6. The van der Waals surface area contributed by atoms with Gasteiger partial charge >= 0.3 is 0 Å². The van der Waals surface area contributed by atoms with Crippen LogP contribution in [-0.4, -0.2) is 41.1 Å². The maximum absolute atomic E-state index is 13.2. The zero-order valence-corrected chi connectivity index (χ0v) is 14.2.